The minimum atomic E-state index is -3.08. The quantitative estimate of drug-likeness (QED) is 0.437. The smallest absolute Gasteiger partial charge is 0.153 e. The molecule has 0 rings (SSSR count). The van der Waals surface area contributed by atoms with Gasteiger partial charge in [-0.15, -0.1) is 0 Å². The largest absolute Gasteiger partial charge is 0.300 e. The SMILES string of the molecule is CCCCCCCCCCCCS(=O)(=O)C(C)CC(C)=O. The Morgan fingerprint density at radius 3 is 1.71 bits per heavy atom. The lowest BCUT2D eigenvalue weighted by atomic mass is 10.1. The van der Waals surface area contributed by atoms with Gasteiger partial charge < -0.3 is 0 Å². The molecule has 0 aliphatic carbocycles. The normalized spacial score (nSPS) is 13.3. The van der Waals surface area contributed by atoms with E-state index < -0.39 is 15.1 Å². The van der Waals surface area contributed by atoms with E-state index in [0.717, 1.165) is 19.3 Å². The Morgan fingerprint density at radius 1 is 0.857 bits per heavy atom. The summed E-state index contributed by atoms with van der Waals surface area (Å²) in [5.74, 6) is 0.187. The van der Waals surface area contributed by atoms with Crippen LogP contribution >= 0.6 is 0 Å². The highest BCUT2D eigenvalue weighted by Crippen LogP contribution is 2.13. The van der Waals surface area contributed by atoms with Gasteiger partial charge in [-0.3, -0.25) is 4.79 Å². The van der Waals surface area contributed by atoms with Crippen LogP contribution in [0.5, 0.6) is 0 Å². The first-order valence-corrected chi connectivity index (χ1v) is 10.3. The highest BCUT2D eigenvalue weighted by Gasteiger charge is 2.21. The van der Waals surface area contributed by atoms with Gasteiger partial charge in [-0.1, -0.05) is 64.7 Å². The van der Waals surface area contributed by atoms with Crippen molar-refractivity contribution in [3.8, 4) is 0 Å². The summed E-state index contributed by atoms with van der Waals surface area (Å²) in [6.07, 6.45) is 12.1. The summed E-state index contributed by atoms with van der Waals surface area (Å²) in [7, 11) is -3.08. The second-order valence-electron chi connectivity index (χ2n) is 6.27. The molecule has 0 aliphatic heterocycles. The maximum atomic E-state index is 11.9. The molecule has 0 N–H and O–H groups in total. The van der Waals surface area contributed by atoms with E-state index in [-0.39, 0.29) is 18.0 Å². The Kier molecular flexibility index (Phi) is 12.0. The number of hydrogen-bond donors (Lipinski definition) is 0. The zero-order valence-corrected chi connectivity index (χ0v) is 15.0. The van der Waals surface area contributed by atoms with Crippen molar-refractivity contribution in [2.45, 2.75) is 96.7 Å². The lowest BCUT2D eigenvalue weighted by Crippen LogP contribution is -2.23. The highest BCUT2D eigenvalue weighted by atomic mass is 32.2. The first-order valence-electron chi connectivity index (χ1n) is 8.61. The average molecular weight is 319 g/mol. The number of hydrogen-bond acceptors (Lipinski definition) is 3. The van der Waals surface area contributed by atoms with Crippen molar-refractivity contribution in [2.24, 2.45) is 0 Å². The Balaban J connectivity index is 3.55. The van der Waals surface area contributed by atoms with Crippen molar-refractivity contribution in [1.82, 2.24) is 0 Å². The third kappa shape index (κ3) is 11.9. The van der Waals surface area contributed by atoms with Gasteiger partial charge in [-0.05, 0) is 20.3 Å². The molecule has 0 aliphatic rings. The number of Topliss-reactive ketones (excluding diaryl/α,β-unsaturated/α-hetero) is 1. The van der Waals surface area contributed by atoms with Gasteiger partial charge in [0.25, 0.3) is 0 Å². The summed E-state index contributed by atoms with van der Waals surface area (Å²) in [5, 5.41) is -0.520. The fourth-order valence-corrected chi connectivity index (χ4v) is 4.02. The fourth-order valence-electron chi connectivity index (χ4n) is 2.52. The van der Waals surface area contributed by atoms with Gasteiger partial charge >= 0.3 is 0 Å². The monoisotopic (exact) mass is 318 g/mol. The Hall–Kier alpha value is -0.380. The Labute approximate surface area is 131 Å². The summed E-state index contributed by atoms with van der Waals surface area (Å²) < 4.78 is 23.9. The highest BCUT2D eigenvalue weighted by molar-refractivity contribution is 7.92. The van der Waals surface area contributed by atoms with E-state index in [1.54, 1.807) is 6.92 Å². The van der Waals surface area contributed by atoms with Gasteiger partial charge in [0.15, 0.2) is 9.84 Å². The summed E-state index contributed by atoms with van der Waals surface area (Å²) in [6.45, 7) is 5.32. The molecular weight excluding hydrogens is 284 g/mol. The summed E-state index contributed by atoms with van der Waals surface area (Å²) >= 11 is 0. The molecule has 0 heterocycles. The topological polar surface area (TPSA) is 51.2 Å². The van der Waals surface area contributed by atoms with Crippen molar-refractivity contribution in [3.05, 3.63) is 0 Å². The molecule has 0 aromatic heterocycles. The zero-order chi connectivity index (χ0) is 16.1. The fraction of sp³-hybridized carbons (Fsp3) is 0.941. The minimum absolute atomic E-state index is 0.0471. The molecule has 0 radical (unpaired) electrons. The maximum Gasteiger partial charge on any atom is 0.153 e. The maximum absolute atomic E-state index is 11.9. The molecule has 1 atom stereocenters. The van der Waals surface area contributed by atoms with Crippen molar-refractivity contribution in [2.75, 3.05) is 5.75 Å². The number of carbonyl (C=O) groups is 1. The van der Waals surface area contributed by atoms with Gasteiger partial charge in [-0.25, -0.2) is 8.42 Å². The van der Waals surface area contributed by atoms with Gasteiger partial charge in [0.2, 0.25) is 0 Å². The summed E-state index contributed by atoms with van der Waals surface area (Å²) in [5.41, 5.74) is 0. The lowest BCUT2D eigenvalue weighted by Gasteiger charge is -2.11. The Bertz CT molecular complexity index is 360. The first-order chi connectivity index (χ1) is 9.90. The molecular formula is C17H34O3S. The number of ketones is 1. The van der Waals surface area contributed by atoms with Crippen LogP contribution in [0.15, 0.2) is 0 Å². The summed E-state index contributed by atoms with van der Waals surface area (Å²) in [6, 6.07) is 0. The third-order valence-electron chi connectivity index (χ3n) is 3.97. The van der Waals surface area contributed by atoms with Crippen LogP contribution < -0.4 is 0 Å². The van der Waals surface area contributed by atoms with E-state index in [4.69, 9.17) is 0 Å². The molecule has 21 heavy (non-hydrogen) atoms. The van der Waals surface area contributed by atoms with E-state index in [9.17, 15) is 13.2 Å². The molecule has 4 heteroatoms. The van der Waals surface area contributed by atoms with Gasteiger partial charge in [0.05, 0.1) is 11.0 Å². The molecule has 0 fully saturated rings. The van der Waals surface area contributed by atoms with Crippen LogP contribution in [0.2, 0.25) is 0 Å². The molecule has 1 unspecified atom stereocenters. The van der Waals surface area contributed by atoms with Crippen molar-refractivity contribution in [1.29, 1.82) is 0 Å². The second kappa shape index (κ2) is 12.2. The van der Waals surface area contributed by atoms with E-state index in [2.05, 4.69) is 6.92 Å². The van der Waals surface area contributed by atoms with E-state index in [1.165, 1.54) is 51.9 Å². The summed E-state index contributed by atoms with van der Waals surface area (Å²) in [4.78, 5) is 11.0. The van der Waals surface area contributed by atoms with Crippen LogP contribution in [0, 0.1) is 0 Å². The van der Waals surface area contributed by atoms with E-state index in [0.29, 0.717) is 0 Å². The van der Waals surface area contributed by atoms with Crippen LogP contribution in [-0.4, -0.2) is 25.2 Å². The van der Waals surface area contributed by atoms with Crippen LogP contribution in [0.25, 0.3) is 0 Å². The van der Waals surface area contributed by atoms with Crippen molar-refractivity contribution in [3.63, 3.8) is 0 Å². The van der Waals surface area contributed by atoms with Crippen molar-refractivity contribution < 1.29 is 13.2 Å². The minimum Gasteiger partial charge on any atom is -0.300 e. The number of unbranched alkanes of at least 4 members (excludes halogenated alkanes) is 9. The molecule has 0 aromatic carbocycles. The molecule has 3 nitrogen and oxygen atoms in total. The van der Waals surface area contributed by atoms with Crippen LogP contribution in [0.3, 0.4) is 0 Å². The zero-order valence-electron chi connectivity index (χ0n) is 14.2. The third-order valence-corrected chi connectivity index (χ3v) is 6.22. The van der Waals surface area contributed by atoms with Gasteiger partial charge in [-0.2, -0.15) is 0 Å². The lowest BCUT2D eigenvalue weighted by molar-refractivity contribution is -0.116. The van der Waals surface area contributed by atoms with Crippen LogP contribution in [0.1, 0.15) is 91.4 Å². The Morgan fingerprint density at radius 2 is 1.29 bits per heavy atom. The first kappa shape index (κ1) is 20.6. The van der Waals surface area contributed by atoms with Crippen molar-refractivity contribution >= 4 is 15.6 Å². The molecule has 0 bridgehead atoms. The van der Waals surface area contributed by atoms with E-state index >= 15 is 0 Å². The van der Waals surface area contributed by atoms with Crippen LogP contribution in [0.4, 0.5) is 0 Å². The predicted octanol–water partition coefficient (Wildman–Crippen LogP) is 4.69. The number of carbonyl (C=O) groups excluding carboxylic acids is 1. The van der Waals surface area contributed by atoms with Gasteiger partial charge in [0.1, 0.15) is 5.78 Å². The number of sulfone groups is 1. The number of rotatable bonds is 14. The standard InChI is InChI=1S/C17H34O3S/c1-4-5-6-7-8-9-10-11-12-13-14-21(19,20)17(3)15-16(2)18/h17H,4-15H2,1-3H3. The molecule has 126 valence electrons. The molecule has 0 saturated heterocycles. The molecule has 0 amide bonds. The van der Waals surface area contributed by atoms with E-state index in [1.807, 2.05) is 0 Å². The predicted molar refractivity (Wildman–Crippen MR) is 90.4 cm³/mol. The molecule has 0 saturated carbocycles. The average Bonchev–Trinajstić information content (AvgIpc) is 2.40. The molecule has 0 aromatic rings. The second-order valence-corrected chi connectivity index (χ2v) is 8.80. The van der Waals surface area contributed by atoms with Gasteiger partial charge in [0, 0.05) is 6.42 Å². The van der Waals surface area contributed by atoms with Crippen LogP contribution in [-0.2, 0) is 14.6 Å². The molecule has 0 spiro atoms.